The zero-order valence-electron chi connectivity index (χ0n) is 12.4. The van der Waals surface area contributed by atoms with Crippen molar-refractivity contribution in [3.8, 4) is 0 Å². The van der Waals surface area contributed by atoms with E-state index in [1.54, 1.807) is 13.2 Å². The summed E-state index contributed by atoms with van der Waals surface area (Å²) < 4.78 is 24.3. The Balaban J connectivity index is 2.22. The number of aliphatic hydroxyl groups is 1. The molecule has 0 radical (unpaired) electrons. The van der Waals surface area contributed by atoms with Gasteiger partial charge in [0.1, 0.15) is 23.3 Å². The maximum Gasteiger partial charge on any atom is 0.136 e. The average molecular weight is 280 g/mol. The highest BCUT2D eigenvalue weighted by atomic mass is 19.1. The van der Waals surface area contributed by atoms with E-state index in [0.717, 1.165) is 5.56 Å². The number of furan rings is 1. The highest BCUT2D eigenvalue weighted by molar-refractivity contribution is 5.82. The molecule has 0 aliphatic carbocycles. The van der Waals surface area contributed by atoms with Crippen molar-refractivity contribution in [1.82, 2.24) is 0 Å². The lowest BCUT2D eigenvalue weighted by Gasteiger charge is -2.23. The van der Waals surface area contributed by atoms with Crippen molar-refractivity contribution in [2.45, 2.75) is 45.3 Å². The third-order valence-electron chi connectivity index (χ3n) is 3.81. The second-order valence-corrected chi connectivity index (χ2v) is 5.75. The van der Waals surface area contributed by atoms with E-state index in [0.29, 0.717) is 29.6 Å². The van der Waals surface area contributed by atoms with Crippen molar-refractivity contribution < 1.29 is 18.7 Å². The summed E-state index contributed by atoms with van der Waals surface area (Å²) in [6.07, 6.45) is 0.527. The van der Waals surface area contributed by atoms with Gasteiger partial charge in [-0.25, -0.2) is 4.39 Å². The minimum atomic E-state index is -0.708. The Kier molecular flexibility index (Phi) is 4.16. The van der Waals surface area contributed by atoms with E-state index in [9.17, 15) is 9.50 Å². The van der Waals surface area contributed by atoms with E-state index in [2.05, 4.69) is 0 Å². The van der Waals surface area contributed by atoms with Crippen LogP contribution >= 0.6 is 0 Å². The lowest BCUT2D eigenvalue weighted by Crippen LogP contribution is -2.23. The molecule has 0 saturated heterocycles. The molecular weight excluding hydrogens is 259 g/mol. The minimum Gasteiger partial charge on any atom is -0.458 e. The van der Waals surface area contributed by atoms with Gasteiger partial charge in [-0.1, -0.05) is 0 Å². The second-order valence-electron chi connectivity index (χ2n) is 5.75. The van der Waals surface area contributed by atoms with Crippen LogP contribution in [0.5, 0.6) is 0 Å². The van der Waals surface area contributed by atoms with Crippen LogP contribution in [-0.2, 0) is 4.74 Å². The van der Waals surface area contributed by atoms with Gasteiger partial charge in [0.2, 0.25) is 0 Å². The molecule has 3 nitrogen and oxygen atoms in total. The van der Waals surface area contributed by atoms with Gasteiger partial charge in [-0.05, 0) is 51.8 Å². The van der Waals surface area contributed by atoms with E-state index in [1.807, 2.05) is 20.8 Å². The van der Waals surface area contributed by atoms with Crippen molar-refractivity contribution >= 4 is 11.0 Å². The third kappa shape index (κ3) is 3.02. The molecule has 2 aromatic rings. The minimum absolute atomic E-state index is 0.285. The van der Waals surface area contributed by atoms with Crippen molar-refractivity contribution in [1.29, 1.82) is 0 Å². The lowest BCUT2D eigenvalue weighted by atomic mass is 9.98. The van der Waals surface area contributed by atoms with E-state index < -0.39 is 6.10 Å². The molecule has 0 amide bonds. The summed E-state index contributed by atoms with van der Waals surface area (Å²) in [5, 5.41) is 11.0. The van der Waals surface area contributed by atoms with Gasteiger partial charge in [-0.15, -0.1) is 0 Å². The number of halogens is 1. The molecule has 20 heavy (non-hydrogen) atoms. The fourth-order valence-electron chi connectivity index (χ4n) is 2.25. The van der Waals surface area contributed by atoms with Crippen molar-refractivity contribution in [2.75, 3.05) is 7.11 Å². The monoisotopic (exact) mass is 280 g/mol. The summed E-state index contributed by atoms with van der Waals surface area (Å²) in [6, 6.07) is 4.38. The molecule has 0 fully saturated rings. The van der Waals surface area contributed by atoms with Gasteiger partial charge in [-0.2, -0.15) is 0 Å². The van der Waals surface area contributed by atoms with Gasteiger partial charge in [-0.3, -0.25) is 0 Å². The molecule has 0 aliphatic heterocycles. The summed E-state index contributed by atoms with van der Waals surface area (Å²) in [5.74, 6) is 0.209. The fourth-order valence-corrected chi connectivity index (χ4v) is 2.25. The number of rotatable bonds is 5. The highest BCUT2D eigenvalue weighted by Crippen LogP contribution is 2.33. The summed E-state index contributed by atoms with van der Waals surface area (Å²) in [6.45, 7) is 5.78. The van der Waals surface area contributed by atoms with Crippen LogP contribution in [0.15, 0.2) is 22.6 Å². The van der Waals surface area contributed by atoms with Gasteiger partial charge in [0.15, 0.2) is 0 Å². The number of hydrogen-bond acceptors (Lipinski definition) is 3. The maximum absolute atomic E-state index is 13.3. The van der Waals surface area contributed by atoms with Gasteiger partial charge < -0.3 is 14.3 Å². The molecule has 1 aromatic heterocycles. The molecule has 2 rings (SSSR count). The first-order chi connectivity index (χ1) is 9.34. The van der Waals surface area contributed by atoms with Gasteiger partial charge >= 0.3 is 0 Å². The molecule has 1 N–H and O–H groups in total. The topological polar surface area (TPSA) is 42.6 Å². The van der Waals surface area contributed by atoms with Crippen LogP contribution in [-0.4, -0.2) is 17.8 Å². The predicted octanol–water partition coefficient (Wildman–Crippen LogP) is 4.12. The van der Waals surface area contributed by atoms with Crippen LogP contribution in [0.4, 0.5) is 4.39 Å². The Labute approximate surface area is 118 Å². The first-order valence-electron chi connectivity index (χ1n) is 6.76. The Morgan fingerprint density at radius 3 is 2.75 bits per heavy atom. The summed E-state index contributed by atoms with van der Waals surface area (Å²) in [7, 11) is 1.65. The molecule has 1 heterocycles. The molecule has 1 aromatic carbocycles. The van der Waals surface area contributed by atoms with Crippen molar-refractivity contribution in [3.05, 3.63) is 35.3 Å². The summed E-state index contributed by atoms with van der Waals surface area (Å²) in [4.78, 5) is 0. The van der Waals surface area contributed by atoms with Crippen LogP contribution in [0.25, 0.3) is 11.0 Å². The third-order valence-corrected chi connectivity index (χ3v) is 3.81. The molecule has 0 bridgehead atoms. The molecule has 1 unspecified atom stereocenters. The highest BCUT2D eigenvalue weighted by Gasteiger charge is 2.23. The molecule has 0 spiro atoms. The molecule has 0 aliphatic rings. The van der Waals surface area contributed by atoms with Crippen molar-refractivity contribution in [3.63, 3.8) is 0 Å². The molecule has 0 saturated carbocycles. The maximum atomic E-state index is 13.3. The second kappa shape index (κ2) is 5.54. The number of ether oxygens (including phenoxy) is 1. The number of benzene rings is 1. The Morgan fingerprint density at radius 2 is 2.10 bits per heavy atom. The lowest BCUT2D eigenvalue weighted by molar-refractivity contribution is 0.000849. The van der Waals surface area contributed by atoms with Gasteiger partial charge in [0, 0.05) is 18.1 Å². The number of hydrogen-bond donors (Lipinski definition) is 1. The van der Waals surface area contributed by atoms with E-state index >= 15 is 0 Å². The van der Waals surface area contributed by atoms with Crippen molar-refractivity contribution in [2.24, 2.45) is 0 Å². The van der Waals surface area contributed by atoms with Crippen LogP contribution < -0.4 is 0 Å². The quantitative estimate of drug-likeness (QED) is 0.896. The average Bonchev–Trinajstić information content (AvgIpc) is 2.74. The van der Waals surface area contributed by atoms with Crippen LogP contribution in [0.2, 0.25) is 0 Å². The number of aliphatic hydroxyl groups excluding tert-OH is 1. The van der Waals surface area contributed by atoms with Gasteiger partial charge in [0.25, 0.3) is 0 Å². The predicted molar refractivity (Wildman–Crippen MR) is 76.2 cm³/mol. The van der Waals surface area contributed by atoms with Crippen LogP contribution in [0.3, 0.4) is 0 Å². The van der Waals surface area contributed by atoms with Crippen LogP contribution in [0.1, 0.15) is 44.1 Å². The zero-order chi connectivity index (χ0) is 14.9. The van der Waals surface area contributed by atoms with Crippen LogP contribution in [0, 0.1) is 12.7 Å². The first kappa shape index (κ1) is 15.0. The molecule has 110 valence electrons. The molecule has 4 heteroatoms. The fraction of sp³-hybridized carbons (Fsp3) is 0.500. The van der Waals surface area contributed by atoms with E-state index in [1.165, 1.54) is 12.1 Å². The largest absolute Gasteiger partial charge is 0.458 e. The number of fused-ring (bicyclic) bond motifs is 1. The summed E-state index contributed by atoms with van der Waals surface area (Å²) >= 11 is 0. The standard InChI is InChI=1S/C16H21FO3/c1-10-12-9-11(17)5-6-14(12)20-15(10)13(18)7-8-16(2,3)19-4/h5-6,9,13,18H,7-8H2,1-4H3. The molecule has 1 atom stereocenters. The number of aryl methyl sites for hydroxylation is 1. The van der Waals surface area contributed by atoms with E-state index in [-0.39, 0.29) is 11.4 Å². The van der Waals surface area contributed by atoms with E-state index in [4.69, 9.17) is 9.15 Å². The Morgan fingerprint density at radius 1 is 1.40 bits per heavy atom. The number of methoxy groups -OCH3 is 1. The summed E-state index contributed by atoms with van der Waals surface area (Å²) in [5.41, 5.74) is 1.11. The Bertz CT molecular complexity index is 601. The SMILES string of the molecule is COC(C)(C)CCC(O)c1oc2ccc(F)cc2c1C. The Hall–Kier alpha value is -1.39. The zero-order valence-corrected chi connectivity index (χ0v) is 12.4. The van der Waals surface area contributed by atoms with Gasteiger partial charge in [0.05, 0.1) is 5.60 Å². The normalized spacial score (nSPS) is 13.9. The first-order valence-corrected chi connectivity index (χ1v) is 6.76. The molecular formula is C16H21FO3. The smallest absolute Gasteiger partial charge is 0.136 e.